The van der Waals surface area contributed by atoms with Crippen molar-refractivity contribution in [2.45, 2.75) is 19.4 Å². The van der Waals surface area contributed by atoms with Gasteiger partial charge in [-0.05, 0) is 42.7 Å². The van der Waals surface area contributed by atoms with Crippen molar-refractivity contribution >= 4 is 28.5 Å². The fourth-order valence-corrected chi connectivity index (χ4v) is 4.30. The molecule has 30 heavy (non-hydrogen) atoms. The number of H-pyrrole nitrogens is 1. The second kappa shape index (κ2) is 7.02. The molecule has 4 nitrogen and oxygen atoms in total. The first-order chi connectivity index (χ1) is 14.4. The van der Waals surface area contributed by atoms with E-state index in [-0.39, 0.29) is 17.1 Å². The number of benzene rings is 2. The van der Waals surface area contributed by atoms with Crippen LogP contribution in [0.25, 0.3) is 10.9 Å². The van der Waals surface area contributed by atoms with Gasteiger partial charge in [0.2, 0.25) is 5.95 Å². The van der Waals surface area contributed by atoms with Crippen molar-refractivity contribution in [1.82, 2.24) is 15.0 Å². The summed E-state index contributed by atoms with van der Waals surface area (Å²) >= 11 is 6.18. The van der Waals surface area contributed by atoms with E-state index in [0.29, 0.717) is 23.7 Å². The predicted molar refractivity (Wildman–Crippen MR) is 109 cm³/mol. The molecule has 1 aliphatic heterocycles. The van der Waals surface area contributed by atoms with Gasteiger partial charge in [0.15, 0.2) is 17.5 Å². The fourth-order valence-electron chi connectivity index (χ4n) is 4.13. The van der Waals surface area contributed by atoms with E-state index < -0.39 is 23.5 Å². The number of rotatable bonds is 2. The number of fused-ring (bicyclic) bond motifs is 3. The Morgan fingerprint density at radius 3 is 2.60 bits per heavy atom. The summed E-state index contributed by atoms with van der Waals surface area (Å²) in [5, 5.41) is 1.54. The topological polar surface area (TPSA) is 44.8 Å². The van der Waals surface area contributed by atoms with Gasteiger partial charge < -0.3 is 9.88 Å². The summed E-state index contributed by atoms with van der Waals surface area (Å²) in [6.07, 6.45) is 2.74. The van der Waals surface area contributed by atoms with Crippen molar-refractivity contribution in [2.24, 2.45) is 0 Å². The Labute approximate surface area is 175 Å². The minimum absolute atomic E-state index is 0.157. The molecular weight excluding hydrogens is 413 g/mol. The van der Waals surface area contributed by atoms with E-state index in [2.05, 4.69) is 15.0 Å². The van der Waals surface area contributed by atoms with Gasteiger partial charge in [0.05, 0.1) is 12.4 Å². The Bertz CT molecular complexity index is 1270. The number of nitrogens with zero attached hydrogens (tertiary/aromatic N) is 3. The highest BCUT2D eigenvalue weighted by Crippen LogP contribution is 2.41. The maximum Gasteiger partial charge on any atom is 0.226 e. The first-order valence-corrected chi connectivity index (χ1v) is 9.80. The molecule has 0 saturated heterocycles. The van der Waals surface area contributed by atoms with Crippen LogP contribution in [-0.4, -0.2) is 21.5 Å². The maximum atomic E-state index is 15.1. The van der Waals surface area contributed by atoms with Crippen LogP contribution in [0.15, 0.2) is 42.7 Å². The highest BCUT2D eigenvalue weighted by molar-refractivity contribution is 6.31. The predicted octanol–water partition coefficient (Wildman–Crippen LogP) is 5.49. The summed E-state index contributed by atoms with van der Waals surface area (Å²) < 4.78 is 42.9. The summed E-state index contributed by atoms with van der Waals surface area (Å²) in [4.78, 5) is 13.3. The number of aromatic amines is 1. The van der Waals surface area contributed by atoms with Crippen molar-refractivity contribution in [1.29, 1.82) is 0 Å². The van der Waals surface area contributed by atoms with E-state index in [9.17, 15) is 8.78 Å². The average Bonchev–Trinajstić information content (AvgIpc) is 3.10. The third kappa shape index (κ3) is 2.92. The second-order valence-electron chi connectivity index (χ2n) is 7.35. The molecule has 2 aromatic heterocycles. The number of hydrogen-bond acceptors (Lipinski definition) is 3. The zero-order chi connectivity index (χ0) is 21.0. The molecule has 0 fully saturated rings. The highest BCUT2D eigenvalue weighted by atomic mass is 35.5. The first kappa shape index (κ1) is 18.9. The van der Waals surface area contributed by atoms with Gasteiger partial charge in [-0.1, -0.05) is 23.7 Å². The van der Waals surface area contributed by atoms with Crippen LogP contribution in [0.5, 0.6) is 0 Å². The molecule has 0 aliphatic carbocycles. The van der Waals surface area contributed by atoms with Crippen LogP contribution < -0.4 is 4.90 Å². The normalized spacial score (nSPS) is 16.2. The third-order valence-electron chi connectivity index (χ3n) is 5.55. The lowest BCUT2D eigenvalue weighted by Gasteiger charge is -2.36. The molecule has 4 aromatic rings. The summed E-state index contributed by atoms with van der Waals surface area (Å²) in [5.41, 5.74) is 2.93. The van der Waals surface area contributed by atoms with Crippen molar-refractivity contribution in [3.63, 3.8) is 0 Å². The number of aromatic nitrogens is 3. The molecular formula is C22H16ClF3N4. The van der Waals surface area contributed by atoms with Crippen LogP contribution >= 0.6 is 11.6 Å². The van der Waals surface area contributed by atoms with Gasteiger partial charge in [0.1, 0.15) is 6.04 Å². The van der Waals surface area contributed by atoms with Crippen LogP contribution in [0.4, 0.5) is 19.1 Å². The SMILES string of the molecule is Cc1ccc([C@@H]2c3[nH]c4ccc(Cl)cc4c3CCN2c2ncc(F)cn2)c(F)c1F. The smallest absolute Gasteiger partial charge is 0.226 e. The van der Waals surface area contributed by atoms with E-state index in [0.717, 1.165) is 28.9 Å². The molecule has 0 amide bonds. The van der Waals surface area contributed by atoms with E-state index in [4.69, 9.17) is 11.6 Å². The van der Waals surface area contributed by atoms with Gasteiger partial charge in [0.25, 0.3) is 0 Å². The number of nitrogens with one attached hydrogen (secondary N) is 1. The lowest BCUT2D eigenvalue weighted by atomic mass is 9.91. The van der Waals surface area contributed by atoms with Crippen molar-refractivity contribution in [3.05, 3.63) is 87.6 Å². The molecule has 0 spiro atoms. The quantitative estimate of drug-likeness (QED) is 0.459. The Hall–Kier alpha value is -3.06. The number of hydrogen-bond donors (Lipinski definition) is 1. The molecule has 2 aromatic carbocycles. The minimum Gasteiger partial charge on any atom is -0.356 e. The summed E-state index contributed by atoms with van der Waals surface area (Å²) in [7, 11) is 0. The molecule has 0 unspecified atom stereocenters. The Balaban J connectivity index is 1.75. The summed E-state index contributed by atoms with van der Waals surface area (Å²) in [6.45, 7) is 1.96. The molecule has 1 N–H and O–H groups in total. The average molecular weight is 429 g/mol. The standard InChI is InChI=1S/C22H16ClF3N4/c1-11-2-4-15(19(26)18(11)25)21-20-14(16-8-12(23)3-5-17(16)29-20)6-7-30(21)22-27-9-13(24)10-28-22/h2-5,8-10,21,29H,6-7H2,1H3/t21-/m1/s1. The van der Waals surface area contributed by atoms with Gasteiger partial charge in [0, 0.05) is 33.7 Å². The number of anilines is 1. The number of halogens is 4. The first-order valence-electron chi connectivity index (χ1n) is 9.42. The van der Waals surface area contributed by atoms with E-state index in [1.54, 1.807) is 23.1 Å². The van der Waals surface area contributed by atoms with Crippen LogP contribution in [-0.2, 0) is 6.42 Å². The molecule has 0 saturated carbocycles. The molecule has 1 atom stereocenters. The molecule has 3 heterocycles. The lowest BCUT2D eigenvalue weighted by Crippen LogP contribution is -2.38. The van der Waals surface area contributed by atoms with Crippen LogP contribution in [0.3, 0.4) is 0 Å². The van der Waals surface area contributed by atoms with Gasteiger partial charge in [-0.15, -0.1) is 0 Å². The largest absolute Gasteiger partial charge is 0.356 e. The van der Waals surface area contributed by atoms with E-state index >= 15 is 4.39 Å². The molecule has 152 valence electrons. The number of aryl methyl sites for hydroxylation is 1. The van der Waals surface area contributed by atoms with Crippen LogP contribution in [0.1, 0.15) is 28.4 Å². The van der Waals surface area contributed by atoms with Crippen molar-refractivity contribution in [2.75, 3.05) is 11.4 Å². The second-order valence-corrected chi connectivity index (χ2v) is 7.79. The molecule has 0 bridgehead atoms. The van der Waals surface area contributed by atoms with E-state index in [1.807, 2.05) is 12.1 Å². The fraction of sp³-hybridized carbons (Fsp3) is 0.182. The van der Waals surface area contributed by atoms with Crippen LogP contribution in [0, 0.1) is 24.4 Å². The molecule has 8 heteroatoms. The summed E-state index contributed by atoms with van der Waals surface area (Å²) in [5.74, 6) is -2.14. The van der Waals surface area contributed by atoms with Gasteiger partial charge in [-0.2, -0.15) is 0 Å². The van der Waals surface area contributed by atoms with Crippen molar-refractivity contribution in [3.8, 4) is 0 Å². The molecule has 5 rings (SSSR count). The zero-order valence-electron chi connectivity index (χ0n) is 15.9. The summed E-state index contributed by atoms with van der Waals surface area (Å²) in [6, 6.07) is 7.90. The minimum atomic E-state index is -0.920. The Kier molecular flexibility index (Phi) is 4.43. The van der Waals surface area contributed by atoms with E-state index in [1.165, 1.54) is 6.92 Å². The highest BCUT2D eigenvalue weighted by Gasteiger charge is 2.35. The van der Waals surface area contributed by atoms with Crippen LogP contribution in [0.2, 0.25) is 5.02 Å². The Morgan fingerprint density at radius 1 is 1.07 bits per heavy atom. The third-order valence-corrected chi connectivity index (χ3v) is 5.79. The molecule has 0 radical (unpaired) electrons. The van der Waals surface area contributed by atoms with Crippen molar-refractivity contribution < 1.29 is 13.2 Å². The Morgan fingerprint density at radius 2 is 1.83 bits per heavy atom. The monoisotopic (exact) mass is 428 g/mol. The molecule has 1 aliphatic rings. The van der Waals surface area contributed by atoms with Gasteiger partial charge >= 0.3 is 0 Å². The maximum absolute atomic E-state index is 15.1. The lowest BCUT2D eigenvalue weighted by molar-refractivity contribution is 0.480. The zero-order valence-corrected chi connectivity index (χ0v) is 16.6. The van der Waals surface area contributed by atoms with Gasteiger partial charge in [-0.3, -0.25) is 0 Å². The van der Waals surface area contributed by atoms with Gasteiger partial charge in [-0.25, -0.2) is 23.1 Å².